The number of carbonyl (C=O) groups is 1. The van der Waals surface area contributed by atoms with Crippen molar-refractivity contribution in [2.45, 2.75) is 17.0 Å². The average molecular weight is 311 g/mol. The molecule has 0 aromatic rings. The average Bonchev–Trinajstić information content (AvgIpc) is 2.44. The number of ether oxygens (including phenoxy) is 2. The van der Waals surface area contributed by atoms with Crippen LogP contribution in [0.4, 0.5) is 8.78 Å². The number of dihydropyridines is 1. The summed E-state index contributed by atoms with van der Waals surface area (Å²) in [6.07, 6.45) is 0.730. The van der Waals surface area contributed by atoms with Crippen LogP contribution in [0, 0.1) is 0 Å². The molecule has 2 aliphatic rings. The highest BCUT2D eigenvalue weighted by molar-refractivity contribution is 6.26. The predicted octanol–water partition coefficient (Wildman–Crippen LogP) is 0.615. The van der Waals surface area contributed by atoms with Crippen molar-refractivity contribution in [1.29, 1.82) is 0 Å². The highest BCUT2D eigenvalue weighted by Gasteiger charge is 2.63. The van der Waals surface area contributed by atoms with Crippen molar-refractivity contribution in [3.63, 3.8) is 0 Å². The number of alkyl halides is 2. The number of hydrogen-bond donors (Lipinski definition) is 2. The Hall–Kier alpha value is -1.09. The Morgan fingerprint density at radius 1 is 1.75 bits per heavy atom. The van der Waals surface area contributed by atoms with E-state index in [9.17, 15) is 13.6 Å². The van der Waals surface area contributed by atoms with Gasteiger partial charge in [-0.2, -0.15) is 4.39 Å². The summed E-state index contributed by atoms with van der Waals surface area (Å²) in [4.78, 5) is 12.0. The molecule has 0 bridgehead atoms. The van der Waals surface area contributed by atoms with Gasteiger partial charge in [0.15, 0.2) is 5.83 Å². The normalized spacial score (nSPS) is 37.5. The number of aliphatic imine (C=N–C) groups is 1. The van der Waals surface area contributed by atoms with Crippen molar-refractivity contribution in [1.82, 2.24) is 5.32 Å². The number of rotatable bonds is 4. The van der Waals surface area contributed by atoms with E-state index in [2.05, 4.69) is 15.0 Å². The van der Waals surface area contributed by atoms with Crippen LogP contribution in [0.15, 0.2) is 16.9 Å². The number of nitrogens with one attached hydrogen (secondary N) is 1. The van der Waals surface area contributed by atoms with Gasteiger partial charge in [0.1, 0.15) is 12.7 Å². The summed E-state index contributed by atoms with van der Waals surface area (Å²) in [5.74, 6) is -6.00. The van der Waals surface area contributed by atoms with Gasteiger partial charge < -0.3 is 19.9 Å². The molecule has 3 atom stereocenters. The molecule has 112 valence electrons. The fourth-order valence-electron chi connectivity index (χ4n) is 2.00. The van der Waals surface area contributed by atoms with Gasteiger partial charge in [-0.1, -0.05) is 11.6 Å². The molecule has 9 heteroatoms. The maximum Gasteiger partial charge on any atom is 0.329 e. The molecule has 1 fully saturated rings. The van der Waals surface area contributed by atoms with Crippen LogP contribution in [0.5, 0.6) is 0 Å². The number of carboxylic acids is 1. The number of morpholine rings is 1. The van der Waals surface area contributed by atoms with E-state index in [1.807, 2.05) is 0 Å². The highest BCUT2D eigenvalue weighted by atomic mass is 35.5. The second kappa shape index (κ2) is 5.72. The molecule has 2 heterocycles. The molecule has 2 rings (SSSR count). The standard InChI is InChI=1S/C11H13ClF2N2O4/c12-10(8-5-15-3-4-19-8)11(14,20-6-9(17)18)7(13)1-2-16-10/h1-2,8,15H,3-6H2,(H,17,18). The lowest BCUT2D eigenvalue weighted by Gasteiger charge is -2.43. The van der Waals surface area contributed by atoms with Crippen LogP contribution in [0.25, 0.3) is 0 Å². The third-order valence-electron chi connectivity index (χ3n) is 2.99. The van der Waals surface area contributed by atoms with E-state index in [1.54, 1.807) is 0 Å². The van der Waals surface area contributed by atoms with Gasteiger partial charge in [-0.15, -0.1) is 0 Å². The summed E-state index contributed by atoms with van der Waals surface area (Å²) in [5.41, 5.74) is 0. The lowest BCUT2D eigenvalue weighted by Crippen LogP contribution is -2.62. The molecule has 2 aliphatic heterocycles. The van der Waals surface area contributed by atoms with Crippen molar-refractivity contribution in [3.05, 3.63) is 11.9 Å². The minimum Gasteiger partial charge on any atom is -0.480 e. The van der Waals surface area contributed by atoms with Crippen molar-refractivity contribution in [2.24, 2.45) is 4.99 Å². The Balaban J connectivity index is 2.29. The smallest absolute Gasteiger partial charge is 0.329 e. The van der Waals surface area contributed by atoms with Crippen molar-refractivity contribution in [2.75, 3.05) is 26.3 Å². The molecule has 0 spiro atoms. The van der Waals surface area contributed by atoms with Crippen molar-refractivity contribution >= 4 is 23.8 Å². The van der Waals surface area contributed by atoms with Gasteiger partial charge in [0, 0.05) is 19.3 Å². The van der Waals surface area contributed by atoms with E-state index in [4.69, 9.17) is 21.4 Å². The van der Waals surface area contributed by atoms with E-state index in [0.717, 1.165) is 12.3 Å². The van der Waals surface area contributed by atoms with E-state index in [0.29, 0.717) is 6.54 Å². The van der Waals surface area contributed by atoms with E-state index < -0.39 is 35.4 Å². The van der Waals surface area contributed by atoms with Crippen molar-refractivity contribution in [3.8, 4) is 0 Å². The maximum absolute atomic E-state index is 14.9. The molecule has 0 aliphatic carbocycles. The number of carboxylic acid groups (broad SMARTS) is 1. The molecule has 2 N–H and O–H groups in total. The van der Waals surface area contributed by atoms with Crippen LogP contribution in [0.3, 0.4) is 0 Å². The summed E-state index contributed by atoms with van der Waals surface area (Å²) in [6.45, 7) is -0.131. The Labute approximate surface area is 118 Å². The molecular weight excluding hydrogens is 298 g/mol. The van der Waals surface area contributed by atoms with Crippen LogP contribution in [-0.2, 0) is 14.3 Å². The third kappa shape index (κ3) is 2.56. The van der Waals surface area contributed by atoms with E-state index >= 15 is 0 Å². The van der Waals surface area contributed by atoms with Gasteiger partial charge in [-0.05, 0) is 6.08 Å². The minimum atomic E-state index is -3.20. The minimum absolute atomic E-state index is 0.135. The largest absolute Gasteiger partial charge is 0.480 e. The first-order valence-corrected chi connectivity index (χ1v) is 6.25. The molecule has 0 aromatic heterocycles. The number of allylic oxidation sites excluding steroid dienone is 1. The zero-order chi connectivity index (χ0) is 14.8. The van der Waals surface area contributed by atoms with E-state index in [1.165, 1.54) is 0 Å². The van der Waals surface area contributed by atoms with Crippen LogP contribution < -0.4 is 5.32 Å². The molecule has 0 aromatic carbocycles. The Bertz CT molecular complexity index is 456. The summed E-state index contributed by atoms with van der Waals surface area (Å²) in [5, 5.41) is 11.5. The lowest BCUT2D eigenvalue weighted by molar-refractivity contribution is -0.194. The van der Waals surface area contributed by atoms with Crippen LogP contribution in [-0.4, -0.2) is 60.6 Å². The molecule has 0 saturated carbocycles. The van der Waals surface area contributed by atoms with E-state index in [-0.39, 0.29) is 13.2 Å². The Kier molecular flexibility index (Phi) is 4.38. The number of nitrogens with zero attached hydrogens (tertiary/aromatic N) is 1. The van der Waals surface area contributed by atoms with Crippen molar-refractivity contribution < 1.29 is 28.2 Å². The second-order valence-corrected chi connectivity index (χ2v) is 4.88. The molecule has 20 heavy (non-hydrogen) atoms. The van der Waals surface area contributed by atoms with Gasteiger partial charge in [-0.3, -0.25) is 4.99 Å². The van der Waals surface area contributed by atoms with Gasteiger partial charge in [0.05, 0.1) is 6.61 Å². The molecule has 6 nitrogen and oxygen atoms in total. The van der Waals surface area contributed by atoms with Crippen LogP contribution in [0.2, 0.25) is 0 Å². The van der Waals surface area contributed by atoms with Gasteiger partial charge in [0.25, 0.3) is 0 Å². The fourth-order valence-corrected chi connectivity index (χ4v) is 2.34. The number of halogens is 3. The first-order chi connectivity index (χ1) is 9.40. The SMILES string of the molecule is O=C(O)COC1(F)C(F)=CC=NC1(Cl)C1CNCCO1. The van der Waals surface area contributed by atoms with Gasteiger partial charge in [-0.25, -0.2) is 9.18 Å². The summed E-state index contributed by atoms with van der Waals surface area (Å²) in [7, 11) is 0. The second-order valence-electron chi connectivity index (χ2n) is 4.31. The number of aliphatic carboxylic acids is 1. The third-order valence-corrected chi connectivity index (χ3v) is 3.57. The zero-order valence-corrected chi connectivity index (χ0v) is 11.1. The van der Waals surface area contributed by atoms with Crippen LogP contribution >= 0.6 is 11.6 Å². The van der Waals surface area contributed by atoms with Gasteiger partial charge in [0.2, 0.25) is 5.00 Å². The lowest BCUT2D eigenvalue weighted by atomic mass is 9.97. The maximum atomic E-state index is 14.9. The topological polar surface area (TPSA) is 80.2 Å². The van der Waals surface area contributed by atoms with Crippen LogP contribution in [0.1, 0.15) is 0 Å². The monoisotopic (exact) mass is 310 g/mol. The summed E-state index contributed by atoms with van der Waals surface area (Å²) < 4.78 is 38.6. The predicted molar refractivity (Wildman–Crippen MR) is 66.3 cm³/mol. The number of hydrogen-bond acceptors (Lipinski definition) is 5. The first-order valence-electron chi connectivity index (χ1n) is 5.87. The Morgan fingerprint density at radius 2 is 2.50 bits per heavy atom. The molecular formula is C11H13ClF2N2O4. The molecule has 0 radical (unpaired) electrons. The highest BCUT2D eigenvalue weighted by Crippen LogP contribution is 2.46. The molecule has 0 amide bonds. The Morgan fingerprint density at radius 3 is 3.10 bits per heavy atom. The summed E-state index contributed by atoms with van der Waals surface area (Å²) in [6, 6.07) is 0. The van der Waals surface area contributed by atoms with Gasteiger partial charge >= 0.3 is 11.8 Å². The first kappa shape index (κ1) is 15.3. The summed E-state index contributed by atoms with van der Waals surface area (Å²) >= 11 is 6.10. The molecule has 1 saturated heterocycles. The quantitative estimate of drug-likeness (QED) is 0.587. The zero-order valence-electron chi connectivity index (χ0n) is 10.3. The fraction of sp³-hybridized carbons (Fsp3) is 0.636. The molecule has 3 unspecified atom stereocenters.